The smallest absolute Gasteiger partial charge is 0.272 e. The lowest BCUT2D eigenvalue weighted by molar-refractivity contribution is 0.0461. The van der Waals surface area contributed by atoms with Crippen molar-refractivity contribution in [3.8, 4) is 5.69 Å². The number of carbonyl (C=O) groups is 1. The standard InChI is InChI=1S/C18H21N3O3/c1-12-5-2-3-7-15(12)21-16-8-4-6-14(16)17(20-21)18(22)19-9-13-10-23-11-24-13/h2-3,5,7,13H,4,6,8-11H2,1H3,(H,19,22)/t13-/m1/s1. The van der Waals surface area contributed by atoms with Crippen LogP contribution in [0.25, 0.3) is 5.69 Å². The first-order valence-electron chi connectivity index (χ1n) is 8.38. The Morgan fingerprint density at radius 3 is 3.04 bits per heavy atom. The lowest BCUT2D eigenvalue weighted by atomic mass is 10.1. The van der Waals surface area contributed by atoms with Gasteiger partial charge in [-0.15, -0.1) is 0 Å². The molecule has 0 radical (unpaired) electrons. The maximum atomic E-state index is 12.6. The summed E-state index contributed by atoms with van der Waals surface area (Å²) in [5, 5.41) is 7.57. The number of carbonyl (C=O) groups excluding carboxylic acids is 1. The second-order valence-corrected chi connectivity index (χ2v) is 6.31. The SMILES string of the molecule is Cc1ccccc1-n1nc(C(=O)NC[C@@H]2COCO2)c2c1CCC2. The molecule has 126 valence electrons. The lowest BCUT2D eigenvalue weighted by Gasteiger charge is -2.09. The summed E-state index contributed by atoms with van der Waals surface area (Å²) < 4.78 is 12.5. The summed E-state index contributed by atoms with van der Waals surface area (Å²) in [6.07, 6.45) is 2.87. The van der Waals surface area contributed by atoms with Gasteiger partial charge in [-0.05, 0) is 37.8 Å². The van der Waals surface area contributed by atoms with Gasteiger partial charge in [0.25, 0.3) is 5.91 Å². The van der Waals surface area contributed by atoms with Crippen molar-refractivity contribution >= 4 is 5.91 Å². The average molecular weight is 327 g/mol. The molecule has 2 aliphatic rings. The van der Waals surface area contributed by atoms with Crippen molar-refractivity contribution in [3.63, 3.8) is 0 Å². The van der Waals surface area contributed by atoms with Crippen LogP contribution in [0.15, 0.2) is 24.3 Å². The molecule has 1 fully saturated rings. The summed E-state index contributed by atoms with van der Waals surface area (Å²) in [6, 6.07) is 8.13. The third-order valence-electron chi connectivity index (χ3n) is 4.67. The fourth-order valence-electron chi connectivity index (χ4n) is 3.40. The van der Waals surface area contributed by atoms with Gasteiger partial charge in [-0.1, -0.05) is 18.2 Å². The molecule has 24 heavy (non-hydrogen) atoms. The van der Waals surface area contributed by atoms with E-state index < -0.39 is 0 Å². The number of hydrogen-bond donors (Lipinski definition) is 1. The van der Waals surface area contributed by atoms with Gasteiger partial charge in [0.2, 0.25) is 0 Å². The van der Waals surface area contributed by atoms with Crippen LogP contribution in [0.5, 0.6) is 0 Å². The molecule has 2 heterocycles. The van der Waals surface area contributed by atoms with E-state index in [0.717, 1.165) is 41.8 Å². The average Bonchev–Trinajstić information content (AvgIpc) is 3.31. The van der Waals surface area contributed by atoms with E-state index in [9.17, 15) is 4.79 Å². The number of para-hydroxylation sites is 1. The Kier molecular flexibility index (Phi) is 4.08. The van der Waals surface area contributed by atoms with Crippen LogP contribution >= 0.6 is 0 Å². The quantitative estimate of drug-likeness (QED) is 0.929. The zero-order valence-electron chi connectivity index (χ0n) is 13.7. The first kappa shape index (κ1) is 15.4. The number of fused-ring (bicyclic) bond motifs is 1. The summed E-state index contributed by atoms with van der Waals surface area (Å²) in [5.74, 6) is -0.129. The molecule has 1 saturated heterocycles. The van der Waals surface area contributed by atoms with E-state index >= 15 is 0 Å². The summed E-state index contributed by atoms with van der Waals surface area (Å²) in [5.41, 5.74) is 4.99. The second-order valence-electron chi connectivity index (χ2n) is 6.31. The van der Waals surface area contributed by atoms with Crippen LogP contribution in [0.2, 0.25) is 0 Å². The number of benzene rings is 1. The highest BCUT2D eigenvalue weighted by molar-refractivity contribution is 5.94. The second kappa shape index (κ2) is 6.37. The molecule has 6 heteroatoms. The molecule has 6 nitrogen and oxygen atoms in total. The van der Waals surface area contributed by atoms with E-state index in [0.29, 0.717) is 25.6 Å². The van der Waals surface area contributed by atoms with E-state index in [-0.39, 0.29) is 12.0 Å². The van der Waals surface area contributed by atoms with Gasteiger partial charge in [0.05, 0.1) is 12.3 Å². The van der Waals surface area contributed by atoms with Crippen molar-refractivity contribution in [1.82, 2.24) is 15.1 Å². The number of ether oxygens (including phenoxy) is 2. The number of rotatable bonds is 4. The summed E-state index contributed by atoms with van der Waals surface area (Å²) in [6.45, 7) is 3.34. The molecule has 1 atom stereocenters. The molecule has 1 amide bonds. The molecule has 1 aliphatic heterocycles. The fraction of sp³-hybridized carbons (Fsp3) is 0.444. The van der Waals surface area contributed by atoms with Gasteiger partial charge in [0, 0.05) is 17.8 Å². The Hall–Kier alpha value is -2.18. The molecule has 4 rings (SSSR count). The summed E-state index contributed by atoms with van der Waals surface area (Å²) >= 11 is 0. The number of amides is 1. The first-order valence-corrected chi connectivity index (χ1v) is 8.38. The van der Waals surface area contributed by atoms with E-state index in [1.54, 1.807) is 0 Å². The zero-order valence-corrected chi connectivity index (χ0v) is 13.7. The van der Waals surface area contributed by atoms with Crippen LogP contribution in [-0.2, 0) is 22.3 Å². The number of aromatic nitrogens is 2. The number of hydrogen-bond acceptors (Lipinski definition) is 4. The predicted octanol–water partition coefficient (Wildman–Crippen LogP) is 1.77. The lowest BCUT2D eigenvalue weighted by Crippen LogP contribution is -2.33. The molecule has 1 aromatic heterocycles. The van der Waals surface area contributed by atoms with Crippen LogP contribution in [0.4, 0.5) is 0 Å². The van der Waals surface area contributed by atoms with Crippen molar-refractivity contribution in [2.24, 2.45) is 0 Å². The van der Waals surface area contributed by atoms with Crippen molar-refractivity contribution in [2.75, 3.05) is 19.9 Å². The maximum absolute atomic E-state index is 12.6. The van der Waals surface area contributed by atoms with Crippen LogP contribution in [0, 0.1) is 6.92 Å². The van der Waals surface area contributed by atoms with E-state index in [2.05, 4.69) is 23.4 Å². The minimum Gasteiger partial charge on any atom is -0.353 e. The molecule has 0 unspecified atom stereocenters. The molecule has 0 bridgehead atoms. The van der Waals surface area contributed by atoms with Gasteiger partial charge in [0.1, 0.15) is 12.9 Å². The Bertz CT molecular complexity index is 763. The van der Waals surface area contributed by atoms with Crippen LogP contribution in [0.1, 0.15) is 33.7 Å². The van der Waals surface area contributed by atoms with Crippen molar-refractivity contribution in [1.29, 1.82) is 0 Å². The molecular weight excluding hydrogens is 306 g/mol. The van der Waals surface area contributed by atoms with Gasteiger partial charge in [-0.2, -0.15) is 5.10 Å². The molecular formula is C18H21N3O3. The zero-order chi connectivity index (χ0) is 16.5. The highest BCUT2D eigenvalue weighted by Gasteiger charge is 2.28. The van der Waals surface area contributed by atoms with Crippen LogP contribution in [-0.4, -0.2) is 41.7 Å². The largest absolute Gasteiger partial charge is 0.353 e. The third-order valence-corrected chi connectivity index (χ3v) is 4.67. The normalized spacial score (nSPS) is 19.5. The number of nitrogens with zero attached hydrogens (tertiary/aromatic N) is 2. The number of aryl methyl sites for hydroxylation is 1. The molecule has 2 aromatic rings. The monoisotopic (exact) mass is 327 g/mol. The van der Waals surface area contributed by atoms with Crippen LogP contribution in [0.3, 0.4) is 0 Å². The van der Waals surface area contributed by atoms with Crippen molar-refractivity contribution in [3.05, 3.63) is 46.8 Å². The minimum atomic E-state index is -0.129. The van der Waals surface area contributed by atoms with Crippen molar-refractivity contribution in [2.45, 2.75) is 32.3 Å². The molecule has 0 spiro atoms. The van der Waals surface area contributed by atoms with Gasteiger partial charge < -0.3 is 14.8 Å². The Balaban J connectivity index is 1.61. The van der Waals surface area contributed by atoms with E-state index in [1.165, 1.54) is 0 Å². The predicted molar refractivity (Wildman–Crippen MR) is 88.4 cm³/mol. The maximum Gasteiger partial charge on any atom is 0.272 e. The van der Waals surface area contributed by atoms with Crippen LogP contribution < -0.4 is 5.32 Å². The Morgan fingerprint density at radius 2 is 2.25 bits per heavy atom. The minimum absolute atomic E-state index is 0.0690. The summed E-state index contributed by atoms with van der Waals surface area (Å²) in [4.78, 5) is 12.6. The molecule has 0 saturated carbocycles. The fourth-order valence-corrected chi connectivity index (χ4v) is 3.40. The van der Waals surface area contributed by atoms with Crippen molar-refractivity contribution < 1.29 is 14.3 Å². The third kappa shape index (κ3) is 2.72. The Morgan fingerprint density at radius 1 is 1.38 bits per heavy atom. The topological polar surface area (TPSA) is 65.4 Å². The van der Waals surface area contributed by atoms with Gasteiger partial charge in [-0.3, -0.25) is 4.79 Å². The molecule has 1 N–H and O–H groups in total. The van der Waals surface area contributed by atoms with Gasteiger partial charge in [0.15, 0.2) is 5.69 Å². The number of nitrogens with one attached hydrogen (secondary N) is 1. The molecule has 1 aliphatic carbocycles. The molecule has 1 aromatic carbocycles. The van der Waals surface area contributed by atoms with Gasteiger partial charge in [-0.25, -0.2) is 4.68 Å². The highest BCUT2D eigenvalue weighted by atomic mass is 16.7. The van der Waals surface area contributed by atoms with Gasteiger partial charge >= 0.3 is 0 Å². The van der Waals surface area contributed by atoms with E-state index in [1.807, 2.05) is 22.9 Å². The summed E-state index contributed by atoms with van der Waals surface area (Å²) in [7, 11) is 0. The van der Waals surface area contributed by atoms with E-state index in [4.69, 9.17) is 9.47 Å². The highest BCUT2D eigenvalue weighted by Crippen LogP contribution is 2.28. The Labute approximate surface area is 140 Å². The first-order chi connectivity index (χ1) is 11.7.